The SMILES string of the molecule is CC.CCc1cc(-c2cc(C)c(=O)n(C)c2)cc(C)c1CN(C)C. The molecule has 0 bridgehead atoms. The van der Waals surface area contributed by atoms with E-state index < -0.39 is 0 Å². The lowest BCUT2D eigenvalue weighted by atomic mass is 9.93. The van der Waals surface area contributed by atoms with Gasteiger partial charge in [-0.2, -0.15) is 0 Å². The summed E-state index contributed by atoms with van der Waals surface area (Å²) in [4.78, 5) is 14.1. The fraction of sp³-hybridized carbons (Fsp3) is 0.476. The molecular formula is C21H32N2O. The highest BCUT2D eigenvalue weighted by molar-refractivity contribution is 5.66. The van der Waals surface area contributed by atoms with E-state index in [0.717, 1.165) is 24.1 Å². The Morgan fingerprint density at radius 2 is 1.58 bits per heavy atom. The van der Waals surface area contributed by atoms with Crippen LogP contribution < -0.4 is 5.56 Å². The summed E-state index contributed by atoms with van der Waals surface area (Å²) in [6, 6.07) is 6.49. The van der Waals surface area contributed by atoms with Gasteiger partial charge < -0.3 is 9.47 Å². The van der Waals surface area contributed by atoms with Crippen LogP contribution in [0.2, 0.25) is 0 Å². The summed E-state index contributed by atoms with van der Waals surface area (Å²) < 4.78 is 1.67. The maximum absolute atomic E-state index is 11.9. The van der Waals surface area contributed by atoms with E-state index in [1.54, 1.807) is 4.57 Å². The predicted molar refractivity (Wildman–Crippen MR) is 105 cm³/mol. The third kappa shape index (κ3) is 4.57. The van der Waals surface area contributed by atoms with Crippen LogP contribution in [0.1, 0.15) is 43.0 Å². The molecule has 0 aliphatic carbocycles. The van der Waals surface area contributed by atoms with Gasteiger partial charge in [-0.15, -0.1) is 0 Å². The van der Waals surface area contributed by atoms with Crippen molar-refractivity contribution in [2.75, 3.05) is 14.1 Å². The van der Waals surface area contributed by atoms with Gasteiger partial charge in [-0.1, -0.05) is 32.9 Å². The molecule has 2 rings (SSSR count). The molecule has 3 nitrogen and oxygen atoms in total. The molecule has 0 unspecified atom stereocenters. The van der Waals surface area contributed by atoms with Gasteiger partial charge in [0.1, 0.15) is 0 Å². The summed E-state index contributed by atoms with van der Waals surface area (Å²) in [5.74, 6) is 0. The van der Waals surface area contributed by atoms with Gasteiger partial charge in [-0.05, 0) is 68.2 Å². The Hall–Kier alpha value is -1.87. The van der Waals surface area contributed by atoms with Gasteiger partial charge >= 0.3 is 0 Å². The van der Waals surface area contributed by atoms with Crippen molar-refractivity contribution in [1.29, 1.82) is 0 Å². The topological polar surface area (TPSA) is 25.2 Å². The predicted octanol–water partition coefficient (Wildman–Crippen LogP) is 4.32. The average Bonchev–Trinajstić information content (AvgIpc) is 2.55. The molecule has 1 heterocycles. The molecule has 0 amide bonds. The molecule has 0 aliphatic rings. The van der Waals surface area contributed by atoms with E-state index in [1.807, 2.05) is 40.1 Å². The Labute approximate surface area is 146 Å². The maximum atomic E-state index is 11.9. The van der Waals surface area contributed by atoms with Crippen LogP contribution in [-0.4, -0.2) is 23.6 Å². The normalized spacial score (nSPS) is 10.5. The van der Waals surface area contributed by atoms with Crippen LogP contribution >= 0.6 is 0 Å². The first-order valence-electron chi connectivity index (χ1n) is 8.78. The van der Waals surface area contributed by atoms with Gasteiger partial charge in [0.2, 0.25) is 0 Å². The van der Waals surface area contributed by atoms with E-state index in [4.69, 9.17) is 0 Å². The molecule has 3 heteroatoms. The number of rotatable bonds is 4. The number of aryl methyl sites for hydroxylation is 4. The summed E-state index contributed by atoms with van der Waals surface area (Å²) in [6.07, 6.45) is 2.94. The Balaban J connectivity index is 0.00000139. The molecule has 1 aromatic carbocycles. The molecule has 0 fully saturated rings. The van der Waals surface area contributed by atoms with Crippen LogP contribution in [0.25, 0.3) is 11.1 Å². The first kappa shape index (κ1) is 20.2. The van der Waals surface area contributed by atoms with Crippen molar-refractivity contribution in [2.45, 2.75) is 47.6 Å². The number of hydrogen-bond donors (Lipinski definition) is 0. The third-order valence-electron chi connectivity index (χ3n) is 4.12. The second kappa shape index (κ2) is 8.84. The number of benzene rings is 1. The van der Waals surface area contributed by atoms with Crippen molar-refractivity contribution >= 4 is 0 Å². The lowest BCUT2D eigenvalue weighted by Crippen LogP contribution is -2.18. The van der Waals surface area contributed by atoms with Crippen LogP contribution in [0.15, 0.2) is 29.2 Å². The zero-order chi connectivity index (χ0) is 18.4. The minimum Gasteiger partial charge on any atom is -0.318 e. The fourth-order valence-electron chi connectivity index (χ4n) is 2.95. The largest absolute Gasteiger partial charge is 0.318 e. The first-order valence-corrected chi connectivity index (χ1v) is 8.78. The molecule has 0 aliphatic heterocycles. The first-order chi connectivity index (χ1) is 11.3. The highest BCUT2D eigenvalue weighted by Crippen LogP contribution is 2.26. The van der Waals surface area contributed by atoms with E-state index in [1.165, 1.54) is 22.3 Å². The summed E-state index contributed by atoms with van der Waals surface area (Å²) >= 11 is 0. The minimum atomic E-state index is 0.0698. The molecular weight excluding hydrogens is 296 g/mol. The zero-order valence-corrected chi connectivity index (χ0v) is 16.5. The molecule has 0 N–H and O–H groups in total. The Bertz CT molecular complexity index is 716. The molecule has 24 heavy (non-hydrogen) atoms. The van der Waals surface area contributed by atoms with Crippen molar-refractivity contribution in [2.24, 2.45) is 7.05 Å². The van der Waals surface area contributed by atoms with Gasteiger partial charge in [-0.25, -0.2) is 0 Å². The Morgan fingerprint density at radius 3 is 2.08 bits per heavy atom. The number of aromatic nitrogens is 1. The smallest absolute Gasteiger partial charge is 0.253 e. The van der Waals surface area contributed by atoms with E-state index in [-0.39, 0.29) is 5.56 Å². The minimum absolute atomic E-state index is 0.0698. The lowest BCUT2D eigenvalue weighted by molar-refractivity contribution is 0.400. The summed E-state index contributed by atoms with van der Waals surface area (Å²) in [5, 5.41) is 0. The van der Waals surface area contributed by atoms with Crippen LogP contribution in [-0.2, 0) is 20.0 Å². The van der Waals surface area contributed by atoms with E-state index in [2.05, 4.69) is 45.0 Å². The van der Waals surface area contributed by atoms with Crippen molar-refractivity contribution in [3.8, 4) is 11.1 Å². The standard InChI is InChI=1S/C19H26N2O.C2H6/c1-7-15-10-16(8-13(2)18(15)12-20(4)5)17-9-14(3)19(22)21(6)11-17;1-2/h8-11H,7,12H2,1-6H3;1-2H3. The second-order valence-corrected chi connectivity index (χ2v) is 6.35. The molecule has 0 saturated carbocycles. The van der Waals surface area contributed by atoms with E-state index in [9.17, 15) is 4.79 Å². The second-order valence-electron chi connectivity index (χ2n) is 6.35. The van der Waals surface area contributed by atoms with Crippen molar-refractivity contribution < 1.29 is 0 Å². The summed E-state index contributed by atoms with van der Waals surface area (Å²) in [7, 11) is 6.01. The van der Waals surface area contributed by atoms with Gasteiger partial charge in [0.05, 0.1) is 0 Å². The quantitative estimate of drug-likeness (QED) is 0.835. The highest BCUT2D eigenvalue weighted by atomic mass is 16.1. The highest BCUT2D eigenvalue weighted by Gasteiger charge is 2.10. The average molecular weight is 329 g/mol. The molecule has 2 aromatic rings. The number of nitrogens with zero attached hydrogens (tertiary/aromatic N) is 2. The van der Waals surface area contributed by atoms with Gasteiger partial charge in [0, 0.05) is 25.4 Å². The fourth-order valence-corrected chi connectivity index (χ4v) is 2.95. The molecule has 1 aromatic heterocycles. The van der Waals surface area contributed by atoms with Crippen molar-refractivity contribution in [3.05, 3.63) is 57.0 Å². The third-order valence-corrected chi connectivity index (χ3v) is 4.12. The number of hydrogen-bond acceptors (Lipinski definition) is 2. The van der Waals surface area contributed by atoms with E-state index in [0.29, 0.717) is 0 Å². The van der Waals surface area contributed by atoms with Crippen LogP contribution in [0.3, 0.4) is 0 Å². The monoisotopic (exact) mass is 328 g/mol. The maximum Gasteiger partial charge on any atom is 0.253 e. The lowest BCUT2D eigenvalue weighted by Gasteiger charge is -2.18. The van der Waals surface area contributed by atoms with E-state index >= 15 is 0 Å². The molecule has 0 radical (unpaired) electrons. The van der Waals surface area contributed by atoms with Gasteiger partial charge in [-0.3, -0.25) is 4.79 Å². The van der Waals surface area contributed by atoms with Crippen molar-refractivity contribution in [3.63, 3.8) is 0 Å². The van der Waals surface area contributed by atoms with Crippen LogP contribution in [0.4, 0.5) is 0 Å². The van der Waals surface area contributed by atoms with Gasteiger partial charge in [0.15, 0.2) is 0 Å². The number of pyridine rings is 1. The summed E-state index contributed by atoms with van der Waals surface area (Å²) in [5.41, 5.74) is 7.26. The van der Waals surface area contributed by atoms with Crippen LogP contribution in [0, 0.1) is 13.8 Å². The van der Waals surface area contributed by atoms with Crippen LogP contribution in [0.5, 0.6) is 0 Å². The Morgan fingerprint density at radius 1 is 1.00 bits per heavy atom. The van der Waals surface area contributed by atoms with Gasteiger partial charge in [0.25, 0.3) is 5.56 Å². The molecule has 132 valence electrons. The molecule has 0 atom stereocenters. The molecule has 0 saturated heterocycles. The molecule has 0 spiro atoms. The summed E-state index contributed by atoms with van der Waals surface area (Å²) in [6.45, 7) is 11.2. The van der Waals surface area contributed by atoms with Crippen molar-refractivity contribution in [1.82, 2.24) is 9.47 Å². The Kier molecular flexibility index (Phi) is 7.43. The zero-order valence-electron chi connectivity index (χ0n) is 16.5.